The van der Waals surface area contributed by atoms with Crippen molar-refractivity contribution < 1.29 is 19.4 Å². The van der Waals surface area contributed by atoms with Gasteiger partial charge in [0.25, 0.3) is 0 Å². The molecule has 0 unspecified atom stereocenters. The third-order valence-corrected chi connectivity index (χ3v) is 4.17. The van der Waals surface area contributed by atoms with Gasteiger partial charge < -0.3 is 14.7 Å². The van der Waals surface area contributed by atoms with Crippen molar-refractivity contribution in [3.63, 3.8) is 0 Å². The van der Waals surface area contributed by atoms with Gasteiger partial charge >= 0.3 is 5.97 Å². The van der Waals surface area contributed by atoms with Crippen LogP contribution in [0.25, 0.3) is 0 Å². The Balaban J connectivity index is 1.83. The van der Waals surface area contributed by atoms with Crippen molar-refractivity contribution in [2.45, 2.75) is 58.2 Å². The fourth-order valence-electron chi connectivity index (χ4n) is 3.07. The standard InChI is InChI=1S/C19H27NO4/c1-19(2,3)24-15-10-12-20(13-11-15)17(21)9-8-14-6-4-5-7-16(14)18(22)23/h4-7,15H,8-13H2,1-3H3,(H,22,23). The Morgan fingerprint density at radius 1 is 1.21 bits per heavy atom. The molecule has 0 bridgehead atoms. The molecule has 5 nitrogen and oxygen atoms in total. The summed E-state index contributed by atoms with van der Waals surface area (Å²) >= 11 is 0. The van der Waals surface area contributed by atoms with Gasteiger partial charge in [0.05, 0.1) is 17.3 Å². The summed E-state index contributed by atoms with van der Waals surface area (Å²) in [5.41, 5.74) is 0.837. The number of benzene rings is 1. The summed E-state index contributed by atoms with van der Waals surface area (Å²) in [7, 11) is 0. The average molecular weight is 333 g/mol. The quantitative estimate of drug-likeness (QED) is 0.899. The predicted molar refractivity (Wildman–Crippen MR) is 92.2 cm³/mol. The Morgan fingerprint density at radius 2 is 1.83 bits per heavy atom. The van der Waals surface area contributed by atoms with Crippen LogP contribution in [0.15, 0.2) is 24.3 Å². The highest BCUT2D eigenvalue weighted by molar-refractivity contribution is 5.89. The molecule has 1 aliphatic rings. The number of aryl methyl sites for hydroxylation is 1. The summed E-state index contributed by atoms with van der Waals surface area (Å²) in [6, 6.07) is 6.87. The lowest BCUT2D eigenvalue weighted by atomic mass is 10.0. The first-order chi connectivity index (χ1) is 11.3. The van der Waals surface area contributed by atoms with Crippen LogP contribution in [0, 0.1) is 0 Å². The molecule has 0 spiro atoms. The van der Waals surface area contributed by atoms with Crippen LogP contribution in [-0.2, 0) is 16.0 Å². The highest BCUT2D eigenvalue weighted by atomic mass is 16.5. The van der Waals surface area contributed by atoms with Crippen LogP contribution in [0.4, 0.5) is 0 Å². The first-order valence-electron chi connectivity index (χ1n) is 8.53. The molecule has 1 N–H and O–H groups in total. The van der Waals surface area contributed by atoms with Gasteiger partial charge in [-0.3, -0.25) is 4.79 Å². The van der Waals surface area contributed by atoms with Crippen molar-refractivity contribution in [3.8, 4) is 0 Å². The summed E-state index contributed by atoms with van der Waals surface area (Å²) in [6.45, 7) is 7.56. The molecule has 1 heterocycles. The van der Waals surface area contributed by atoms with Gasteiger partial charge in [0.2, 0.25) is 5.91 Å². The number of amides is 1. The van der Waals surface area contributed by atoms with Gasteiger partial charge in [-0.1, -0.05) is 18.2 Å². The SMILES string of the molecule is CC(C)(C)OC1CCN(C(=O)CCc2ccccc2C(=O)O)CC1. The summed E-state index contributed by atoms with van der Waals surface area (Å²) in [6.07, 6.45) is 2.72. The van der Waals surface area contributed by atoms with Crippen molar-refractivity contribution in [2.75, 3.05) is 13.1 Å². The number of aromatic carboxylic acids is 1. The number of rotatable bonds is 5. The molecule has 0 saturated carbocycles. The Labute approximate surface area is 143 Å². The van der Waals surface area contributed by atoms with Crippen LogP contribution in [0.5, 0.6) is 0 Å². The van der Waals surface area contributed by atoms with Crippen LogP contribution in [0.1, 0.15) is 56.0 Å². The molecule has 24 heavy (non-hydrogen) atoms. The van der Waals surface area contributed by atoms with Gasteiger partial charge in [-0.05, 0) is 51.7 Å². The second kappa shape index (κ2) is 7.79. The fourth-order valence-corrected chi connectivity index (χ4v) is 3.07. The number of likely N-dealkylation sites (tertiary alicyclic amines) is 1. The van der Waals surface area contributed by atoms with Gasteiger partial charge in [0.15, 0.2) is 0 Å². The van der Waals surface area contributed by atoms with Gasteiger partial charge in [-0.2, -0.15) is 0 Å². The third-order valence-electron chi connectivity index (χ3n) is 4.17. The zero-order valence-corrected chi connectivity index (χ0v) is 14.7. The fraction of sp³-hybridized carbons (Fsp3) is 0.579. The van der Waals surface area contributed by atoms with Crippen LogP contribution >= 0.6 is 0 Å². The minimum absolute atomic E-state index is 0.0874. The largest absolute Gasteiger partial charge is 0.478 e. The number of carboxylic acids is 1. The molecule has 2 rings (SSSR count). The number of hydrogen-bond acceptors (Lipinski definition) is 3. The van der Waals surface area contributed by atoms with Crippen LogP contribution in [-0.4, -0.2) is 46.7 Å². The molecule has 0 aliphatic carbocycles. The minimum atomic E-state index is -0.946. The second-order valence-electron chi connectivity index (χ2n) is 7.27. The zero-order valence-electron chi connectivity index (χ0n) is 14.7. The second-order valence-corrected chi connectivity index (χ2v) is 7.27. The predicted octanol–water partition coefficient (Wildman–Crippen LogP) is 3.12. The lowest BCUT2D eigenvalue weighted by molar-refractivity contribution is -0.136. The number of carbonyl (C=O) groups is 2. The smallest absolute Gasteiger partial charge is 0.335 e. The first kappa shape index (κ1) is 18.5. The van der Waals surface area contributed by atoms with Crippen molar-refractivity contribution in [1.82, 2.24) is 4.90 Å². The lowest BCUT2D eigenvalue weighted by Gasteiger charge is -2.35. The van der Waals surface area contributed by atoms with Crippen LogP contribution in [0.2, 0.25) is 0 Å². The zero-order chi connectivity index (χ0) is 17.7. The summed E-state index contributed by atoms with van der Waals surface area (Å²) in [5.74, 6) is -0.859. The maximum absolute atomic E-state index is 12.4. The van der Waals surface area contributed by atoms with Gasteiger partial charge in [-0.25, -0.2) is 4.79 Å². The molecule has 1 aliphatic heterocycles. The van der Waals surface area contributed by atoms with E-state index in [0.29, 0.717) is 31.5 Å². The van der Waals surface area contributed by atoms with Crippen molar-refractivity contribution in [3.05, 3.63) is 35.4 Å². The van der Waals surface area contributed by atoms with E-state index >= 15 is 0 Å². The maximum Gasteiger partial charge on any atom is 0.335 e. The molecule has 1 aromatic rings. The molecule has 1 saturated heterocycles. The monoisotopic (exact) mass is 333 g/mol. The van der Waals surface area contributed by atoms with Gasteiger partial charge in [0.1, 0.15) is 0 Å². The topological polar surface area (TPSA) is 66.8 Å². The lowest BCUT2D eigenvalue weighted by Crippen LogP contribution is -2.42. The van der Waals surface area contributed by atoms with E-state index in [9.17, 15) is 14.7 Å². The Kier molecular flexibility index (Phi) is 5.99. The molecular weight excluding hydrogens is 306 g/mol. The maximum atomic E-state index is 12.4. The molecule has 132 valence electrons. The number of carbonyl (C=O) groups excluding carboxylic acids is 1. The Morgan fingerprint density at radius 3 is 2.42 bits per heavy atom. The molecule has 1 fully saturated rings. The molecule has 1 aromatic carbocycles. The highest BCUT2D eigenvalue weighted by Gasteiger charge is 2.26. The van der Waals surface area contributed by atoms with Crippen molar-refractivity contribution in [1.29, 1.82) is 0 Å². The van der Waals surface area contributed by atoms with E-state index in [1.165, 1.54) is 0 Å². The van der Waals surface area contributed by atoms with Crippen LogP contribution < -0.4 is 0 Å². The van der Waals surface area contributed by atoms with E-state index in [-0.39, 0.29) is 23.2 Å². The molecule has 1 amide bonds. The number of carboxylic acid groups (broad SMARTS) is 1. The number of ether oxygens (including phenoxy) is 1. The Bertz CT molecular complexity index is 583. The molecule has 5 heteroatoms. The average Bonchev–Trinajstić information content (AvgIpc) is 2.52. The van der Waals surface area contributed by atoms with E-state index in [1.54, 1.807) is 18.2 Å². The normalized spacial score (nSPS) is 16.2. The first-order valence-corrected chi connectivity index (χ1v) is 8.53. The summed E-state index contributed by atoms with van der Waals surface area (Å²) in [4.78, 5) is 25.5. The van der Waals surface area contributed by atoms with E-state index < -0.39 is 5.97 Å². The molecular formula is C19H27NO4. The van der Waals surface area contributed by atoms with E-state index in [0.717, 1.165) is 12.8 Å². The van der Waals surface area contributed by atoms with Gasteiger partial charge in [0, 0.05) is 19.5 Å². The van der Waals surface area contributed by atoms with Crippen LogP contribution in [0.3, 0.4) is 0 Å². The molecule has 0 atom stereocenters. The minimum Gasteiger partial charge on any atom is -0.478 e. The number of nitrogens with zero attached hydrogens (tertiary/aromatic N) is 1. The van der Waals surface area contributed by atoms with E-state index in [2.05, 4.69) is 0 Å². The van der Waals surface area contributed by atoms with E-state index in [4.69, 9.17) is 4.74 Å². The Hall–Kier alpha value is -1.88. The number of hydrogen-bond donors (Lipinski definition) is 1. The van der Waals surface area contributed by atoms with Crippen molar-refractivity contribution in [2.24, 2.45) is 0 Å². The number of piperidine rings is 1. The third kappa shape index (κ3) is 5.34. The molecule has 0 aromatic heterocycles. The molecule has 0 radical (unpaired) electrons. The van der Waals surface area contributed by atoms with E-state index in [1.807, 2.05) is 31.7 Å². The highest BCUT2D eigenvalue weighted by Crippen LogP contribution is 2.21. The summed E-state index contributed by atoms with van der Waals surface area (Å²) in [5, 5.41) is 9.19. The van der Waals surface area contributed by atoms with Gasteiger partial charge in [-0.15, -0.1) is 0 Å². The summed E-state index contributed by atoms with van der Waals surface area (Å²) < 4.78 is 5.97. The van der Waals surface area contributed by atoms with Crippen molar-refractivity contribution >= 4 is 11.9 Å².